The van der Waals surface area contributed by atoms with E-state index in [1.165, 1.54) is 0 Å². The Morgan fingerprint density at radius 2 is 1.64 bits per heavy atom. The Balaban J connectivity index is 1.45. The van der Waals surface area contributed by atoms with E-state index in [1.54, 1.807) is 54.6 Å². The maximum absolute atomic E-state index is 13.2. The number of rotatable bonds is 9. The highest BCUT2D eigenvalue weighted by atomic mass is 35.5. The molecule has 0 aromatic heterocycles. The molecule has 4 rings (SSSR count). The number of unbranched alkanes of at least 4 members (excludes halogenated alkanes) is 1. The normalized spacial score (nSPS) is 13.1. The van der Waals surface area contributed by atoms with Crippen LogP contribution in [0.4, 0.5) is 17.1 Å². The number of imide groups is 1. The summed E-state index contributed by atoms with van der Waals surface area (Å²) < 4.78 is 5.20. The number of nitrogens with zero attached hydrogens (tertiary/aromatic N) is 1. The van der Waals surface area contributed by atoms with Crippen molar-refractivity contribution in [3.8, 4) is 0 Å². The number of carbonyl (C=O) groups excluding carboxylic acids is 4. The van der Waals surface area contributed by atoms with Gasteiger partial charge >= 0.3 is 5.97 Å². The summed E-state index contributed by atoms with van der Waals surface area (Å²) >= 11 is 6.28. The molecule has 3 aromatic carbocycles. The SMILES string of the molecule is CCCCOC(=O)c1ccc(NC(=O)c2cccc(NC3=C(Cl)C(=O)N(c4cc(C)ccc4C)C3=O)c2)cc1. The Bertz CT molecular complexity index is 1480. The fraction of sp³-hybridized carbons (Fsp3) is 0.200. The van der Waals surface area contributed by atoms with Crippen LogP contribution in [0.2, 0.25) is 0 Å². The molecule has 8 nitrogen and oxygen atoms in total. The molecule has 3 amide bonds. The quantitative estimate of drug-likeness (QED) is 0.196. The van der Waals surface area contributed by atoms with Gasteiger partial charge in [0.15, 0.2) is 0 Å². The van der Waals surface area contributed by atoms with E-state index < -0.39 is 23.7 Å². The smallest absolute Gasteiger partial charge is 0.338 e. The summed E-state index contributed by atoms with van der Waals surface area (Å²) in [5, 5.41) is 5.45. The number of aryl methyl sites for hydroxylation is 2. The molecule has 200 valence electrons. The van der Waals surface area contributed by atoms with Crippen molar-refractivity contribution in [2.45, 2.75) is 33.6 Å². The highest BCUT2D eigenvalue weighted by molar-refractivity contribution is 6.53. The van der Waals surface area contributed by atoms with Gasteiger partial charge in [-0.2, -0.15) is 0 Å². The molecule has 0 bridgehead atoms. The molecule has 0 saturated heterocycles. The first-order chi connectivity index (χ1) is 18.7. The van der Waals surface area contributed by atoms with E-state index in [9.17, 15) is 19.2 Å². The highest BCUT2D eigenvalue weighted by Gasteiger charge is 2.39. The van der Waals surface area contributed by atoms with Crippen molar-refractivity contribution in [2.75, 3.05) is 22.1 Å². The van der Waals surface area contributed by atoms with Gasteiger partial charge in [-0.05, 0) is 79.9 Å². The summed E-state index contributed by atoms with van der Waals surface area (Å²) in [5.41, 5.74) is 3.66. The van der Waals surface area contributed by atoms with E-state index in [4.69, 9.17) is 16.3 Å². The molecule has 39 heavy (non-hydrogen) atoms. The molecule has 0 atom stereocenters. The number of esters is 1. The summed E-state index contributed by atoms with van der Waals surface area (Å²) in [4.78, 5) is 52.1. The van der Waals surface area contributed by atoms with Gasteiger partial charge in [0.1, 0.15) is 10.7 Å². The van der Waals surface area contributed by atoms with E-state index >= 15 is 0 Å². The first kappa shape index (κ1) is 27.6. The molecule has 3 aromatic rings. The molecule has 0 spiro atoms. The van der Waals surface area contributed by atoms with E-state index in [-0.39, 0.29) is 10.7 Å². The molecular weight excluding hydrogens is 518 g/mol. The van der Waals surface area contributed by atoms with E-state index in [1.807, 2.05) is 32.9 Å². The lowest BCUT2D eigenvalue weighted by Crippen LogP contribution is -2.33. The molecule has 0 radical (unpaired) electrons. The zero-order valence-electron chi connectivity index (χ0n) is 21.8. The van der Waals surface area contributed by atoms with Gasteiger partial charge in [0, 0.05) is 16.9 Å². The van der Waals surface area contributed by atoms with Crippen LogP contribution in [0.5, 0.6) is 0 Å². The van der Waals surface area contributed by atoms with Crippen molar-refractivity contribution in [3.05, 3.63) is 99.7 Å². The van der Waals surface area contributed by atoms with Gasteiger partial charge in [-0.15, -0.1) is 0 Å². The fourth-order valence-electron chi connectivity index (χ4n) is 3.96. The van der Waals surface area contributed by atoms with Crippen molar-refractivity contribution in [1.29, 1.82) is 0 Å². The third-order valence-corrected chi connectivity index (χ3v) is 6.49. The third kappa shape index (κ3) is 6.18. The molecule has 2 N–H and O–H groups in total. The number of ether oxygens (including phenoxy) is 1. The standard InChI is InChI=1S/C30H28ClN3O5/c1-4-5-15-39-30(38)20-11-13-22(14-12-20)33-27(35)21-7-6-8-23(17-21)32-26-25(31)28(36)34(29(26)37)24-16-18(2)9-10-19(24)3/h6-14,16-17,32H,4-5,15H2,1-3H3,(H,33,35). The Labute approximate surface area is 231 Å². The largest absolute Gasteiger partial charge is 0.462 e. The monoisotopic (exact) mass is 545 g/mol. The van der Waals surface area contributed by atoms with Gasteiger partial charge in [0.2, 0.25) is 0 Å². The van der Waals surface area contributed by atoms with Crippen molar-refractivity contribution < 1.29 is 23.9 Å². The van der Waals surface area contributed by atoms with Crippen molar-refractivity contribution in [1.82, 2.24) is 0 Å². The summed E-state index contributed by atoms with van der Waals surface area (Å²) in [6, 6.07) is 18.3. The molecule has 1 heterocycles. The van der Waals surface area contributed by atoms with Gasteiger partial charge in [0.25, 0.3) is 17.7 Å². The van der Waals surface area contributed by atoms with Crippen molar-refractivity contribution in [3.63, 3.8) is 0 Å². The van der Waals surface area contributed by atoms with Crippen LogP contribution >= 0.6 is 11.6 Å². The zero-order valence-corrected chi connectivity index (χ0v) is 22.6. The predicted octanol–water partition coefficient (Wildman–Crippen LogP) is 5.95. The van der Waals surface area contributed by atoms with E-state index in [0.717, 1.165) is 28.9 Å². The summed E-state index contributed by atoms with van der Waals surface area (Å²) in [5.74, 6) is -2.02. The van der Waals surface area contributed by atoms with Gasteiger partial charge in [0.05, 0.1) is 17.9 Å². The average Bonchev–Trinajstić information content (AvgIpc) is 3.13. The molecule has 0 fully saturated rings. The number of benzene rings is 3. The Kier molecular flexibility index (Phi) is 8.46. The van der Waals surface area contributed by atoms with Crippen LogP contribution < -0.4 is 15.5 Å². The lowest BCUT2D eigenvalue weighted by atomic mass is 10.1. The Morgan fingerprint density at radius 3 is 2.36 bits per heavy atom. The minimum Gasteiger partial charge on any atom is -0.462 e. The molecule has 0 aliphatic carbocycles. The lowest BCUT2D eigenvalue weighted by Gasteiger charge is -2.18. The van der Waals surface area contributed by atoms with Crippen LogP contribution in [0, 0.1) is 13.8 Å². The number of halogens is 1. The lowest BCUT2D eigenvalue weighted by molar-refractivity contribution is -0.120. The second-order valence-electron chi connectivity index (χ2n) is 9.15. The van der Waals surface area contributed by atoms with Gasteiger partial charge in [-0.1, -0.05) is 43.1 Å². The molecule has 0 unspecified atom stereocenters. The van der Waals surface area contributed by atoms with E-state index in [0.29, 0.717) is 34.8 Å². The highest BCUT2D eigenvalue weighted by Crippen LogP contribution is 2.32. The van der Waals surface area contributed by atoms with Crippen LogP contribution in [0.25, 0.3) is 0 Å². The topological polar surface area (TPSA) is 105 Å². The zero-order chi connectivity index (χ0) is 28.1. The average molecular weight is 546 g/mol. The van der Waals surface area contributed by atoms with Crippen molar-refractivity contribution >= 4 is 52.4 Å². The van der Waals surface area contributed by atoms with Crippen LogP contribution in [-0.4, -0.2) is 30.3 Å². The summed E-state index contributed by atoms with van der Waals surface area (Å²) in [6.45, 7) is 6.06. The van der Waals surface area contributed by atoms with Crippen LogP contribution in [0.3, 0.4) is 0 Å². The van der Waals surface area contributed by atoms with Crippen LogP contribution in [0.15, 0.2) is 77.5 Å². The molecule has 9 heteroatoms. The minimum absolute atomic E-state index is 0.0680. The number of nitrogens with one attached hydrogen (secondary N) is 2. The fourth-order valence-corrected chi connectivity index (χ4v) is 4.17. The number of anilines is 3. The van der Waals surface area contributed by atoms with Crippen LogP contribution in [0.1, 0.15) is 51.6 Å². The Morgan fingerprint density at radius 1 is 0.897 bits per heavy atom. The first-order valence-corrected chi connectivity index (χ1v) is 12.9. The summed E-state index contributed by atoms with van der Waals surface area (Å²) in [6.07, 6.45) is 1.73. The number of amides is 3. The second-order valence-corrected chi connectivity index (χ2v) is 9.53. The number of carbonyl (C=O) groups is 4. The maximum Gasteiger partial charge on any atom is 0.338 e. The summed E-state index contributed by atoms with van der Waals surface area (Å²) in [7, 11) is 0. The molecule has 1 aliphatic rings. The van der Waals surface area contributed by atoms with Gasteiger partial charge in [-0.3, -0.25) is 14.4 Å². The maximum atomic E-state index is 13.2. The third-order valence-electron chi connectivity index (χ3n) is 6.14. The molecule has 0 saturated carbocycles. The second kappa shape index (κ2) is 12.0. The first-order valence-electron chi connectivity index (χ1n) is 12.5. The molecule has 1 aliphatic heterocycles. The van der Waals surface area contributed by atoms with E-state index in [2.05, 4.69) is 10.6 Å². The Hall–Kier alpha value is -4.43. The minimum atomic E-state index is -0.621. The van der Waals surface area contributed by atoms with Crippen molar-refractivity contribution in [2.24, 2.45) is 0 Å². The number of hydrogen-bond acceptors (Lipinski definition) is 6. The molecular formula is C30H28ClN3O5. The van der Waals surface area contributed by atoms with Crippen LogP contribution in [-0.2, 0) is 14.3 Å². The predicted molar refractivity (Wildman–Crippen MR) is 151 cm³/mol. The van der Waals surface area contributed by atoms with Gasteiger partial charge in [-0.25, -0.2) is 9.69 Å². The van der Waals surface area contributed by atoms with Gasteiger partial charge < -0.3 is 15.4 Å². The number of hydrogen-bond donors (Lipinski definition) is 2.